The van der Waals surface area contributed by atoms with Crippen molar-refractivity contribution in [2.24, 2.45) is 5.92 Å². The van der Waals surface area contributed by atoms with E-state index < -0.39 is 0 Å². The SMILES string of the molecule is O=C(Nc1ccc(-c2ccccc2)cc1)[C@H]1[C@@H](c2cccnc2)[C@H]2CC[C@@H]1O2. The molecule has 4 atom stereocenters. The second kappa shape index (κ2) is 7.21. The van der Waals surface area contributed by atoms with Crippen LogP contribution in [0, 0.1) is 5.92 Å². The summed E-state index contributed by atoms with van der Waals surface area (Å²) in [6.45, 7) is 0. The number of hydrogen-bond donors (Lipinski definition) is 1. The zero-order valence-electron chi connectivity index (χ0n) is 15.5. The maximum absolute atomic E-state index is 13.1. The van der Waals surface area contributed by atoms with Crippen LogP contribution in [0.1, 0.15) is 24.3 Å². The van der Waals surface area contributed by atoms with Gasteiger partial charge in [-0.15, -0.1) is 0 Å². The number of amides is 1. The summed E-state index contributed by atoms with van der Waals surface area (Å²) in [7, 11) is 0. The average molecular weight is 370 g/mol. The third kappa shape index (κ3) is 3.10. The predicted molar refractivity (Wildman–Crippen MR) is 109 cm³/mol. The van der Waals surface area contributed by atoms with E-state index in [9.17, 15) is 4.79 Å². The molecule has 3 heterocycles. The highest BCUT2D eigenvalue weighted by Gasteiger charge is 2.52. The van der Waals surface area contributed by atoms with Gasteiger partial charge in [-0.25, -0.2) is 0 Å². The largest absolute Gasteiger partial charge is 0.373 e. The van der Waals surface area contributed by atoms with Gasteiger partial charge in [0.15, 0.2) is 0 Å². The molecule has 3 aromatic rings. The van der Waals surface area contributed by atoms with Gasteiger partial charge in [0, 0.05) is 24.0 Å². The number of anilines is 1. The number of ether oxygens (including phenoxy) is 1. The first-order valence-electron chi connectivity index (χ1n) is 9.81. The Labute approximate surface area is 164 Å². The van der Waals surface area contributed by atoms with Gasteiger partial charge in [-0.05, 0) is 47.7 Å². The van der Waals surface area contributed by atoms with Crippen LogP contribution in [0.2, 0.25) is 0 Å². The highest BCUT2D eigenvalue weighted by molar-refractivity contribution is 5.94. The first kappa shape index (κ1) is 17.1. The Balaban J connectivity index is 1.35. The Hall–Kier alpha value is -2.98. The molecular formula is C24H22N2O2. The molecule has 5 rings (SSSR count). The van der Waals surface area contributed by atoms with Crippen LogP contribution in [0.5, 0.6) is 0 Å². The van der Waals surface area contributed by atoms with Crippen molar-refractivity contribution in [2.45, 2.75) is 31.0 Å². The monoisotopic (exact) mass is 370 g/mol. The Morgan fingerprint density at radius 1 is 0.893 bits per heavy atom. The summed E-state index contributed by atoms with van der Waals surface area (Å²) in [6, 6.07) is 22.2. The van der Waals surface area contributed by atoms with Crippen LogP contribution in [-0.4, -0.2) is 23.1 Å². The van der Waals surface area contributed by atoms with E-state index >= 15 is 0 Å². The normalized spacial score (nSPS) is 25.6. The van der Waals surface area contributed by atoms with Gasteiger partial charge in [0.1, 0.15) is 0 Å². The maximum atomic E-state index is 13.1. The lowest BCUT2D eigenvalue weighted by Crippen LogP contribution is -2.36. The molecule has 0 saturated carbocycles. The van der Waals surface area contributed by atoms with Crippen LogP contribution in [0.25, 0.3) is 11.1 Å². The van der Waals surface area contributed by atoms with Gasteiger partial charge in [0.05, 0.1) is 18.1 Å². The molecule has 0 unspecified atom stereocenters. The minimum Gasteiger partial charge on any atom is -0.373 e. The van der Waals surface area contributed by atoms with Crippen LogP contribution < -0.4 is 5.32 Å². The lowest BCUT2D eigenvalue weighted by atomic mass is 9.75. The third-order valence-electron chi connectivity index (χ3n) is 5.90. The van der Waals surface area contributed by atoms with E-state index in [1.165, 1.54) is 5.56 Å². The lowest BCUT2D eigenvalue weighted by Gasteiger charge is -2.27. The van der Waals surface area contributed by atoms with Crippen molar-refractivity contribution in [3.8, 4) is 11.1 Å². The van der Waals surface area contributed by atoms with E-state index in [1.54, 1.807) is 6.20 Å². The van der Waals surface area contributed by atoms with Crippen molar-refractivity contribution >= 4 is 11.6 Å². The van der Waals surface area contributed by atoms with Crippen LogP contribution >= 0.6 is 0 Å². The van der Waals surface area contributed by atoms with E-state index in [-0.39, 0.29) is 30.0 Å². The van der Waals surface area contributed by atoms with E-state index in [1.807, 2.05) is 54.7 Å². The molecule has 0 spiro atoms. The van der Waals surface area contributed by atoms with Crippen molar-refractivity contribution < 1.29 is 9.53 Å². The fraction of sp³-hybridized carbons (Fsp3) is 0.250. The Bertz CT molecular complexity index is 957. The lowest BCUT2D eigenvalue weighted by molar-refractivity contribution is -0.121. The van der Waals surface area contributed by atoms with Crippen LogP contribution in [0.4, 0.5) is 5.69 Å². The number of benzene rings is 2. The molecule has 1 amide bonds. The van der Waals surface area contributed by atoms with E-state index in [4.69, 9.17) is 4.74 Å². The van der Waals surface area contributed by atoms with Gasteiger partial charge in [-0.3, -0.25) is 9.78 Å². The number of carbonyl (C=O) groups excluding carboxylic acids is 1. The molecule has 2 bridgehead atoms. The molecule has 2 aliphatic rings. The summed E-state index contributed by atoms with van der Waals surface area (Å²) in [5, 5.41) is 3.11. The van der Waals surface area contributed by atoms with Crippen molar-refractivity contribution in [2.75, 3.05) is 5.32 Å². The topological polar surface area (TPSA) is 51.2 Å². The van der Waals surface area contributed by atoms with Gasteiger partial charge in [0.25, 0.3) is 0 Å². The molecular weight excluding hydrogens is 348 g/mol. The first-order valence-corrected chi connectivity index (χ1v) is 9.81. The van der Waals surface area contributed by atoms with Crippen LogP contribution in [-0.2, 0) is 9.53 Å². The summed E-state index contributed by atoms with van der Waals surface area (Å²) < 4.78 is 6.10. The van der Waals surface area contributed by atoms with Crippen molar-refractivity contribution in [1.29, 1.82) is 0 Å². The number of nitrogens with one attached hydrogen (secondary N) is 1. The summed E-state index contributed by atoms with van der Waals surface area (Å²) in [5.41, 5.74) is 4.21. The average Bonchev–Trinajstić information content (AvgIpc) is 3.37. The molecule has 0 radical (unpaired) electrons. The number of fused-ring (bicyclic) bond motifs is 2. The quantitative estimate of drug-likeness (QED) is 0.727. The zero-order chi connectivity index (χ0) is 18.9. The van der Waals surface area contributed by atoms with Gasteiger partial charge in [0.2, 0.25) is 5.91 Å². The Kier molecular flexibility index (Phi) is 4.41. The molecule has 0 aliphatic carbocycles. The van der Waals surface area contributed by atoms with Crippen molar-refractivity contribution in [3.63, 3.8) is 0 Å². The second-order valence-corrected chi connectivity index (χ2v) is 7.56. The fourth-order valence-electron chi connectivity index (χ4n) is 4.61. The zero-order valence-corrected chi connectivity index (χ0v) is 15.5. The number of hydrogen-bond acceptors (Lipinski definition) is 3. The van der Waals surface area contributed by atoms with Crippen LogP contribution in [0.3, 0.4) is 0 Å². The molecule has 2 aromatic carbocycles. The Morgan fingerprint density at radius 3 is 2.39 bits per heavy atom. The van der Waals surface area contributed by atoms with Gasteiger partial charge >= 0.3 is 0 Å². The standard InChI is InChI=1S/C24H22N2O2/c27-24(26-19-10-8-17(9-11-19)16-5-2-1-3-6-16)23-21-13-12-20(28-21)22(23)18-7-4-14-25-15-18/h1-11,14-15,20-23H,12-13H2,(H,26,27)/t20-,21+,22+,23-/m1/s1. The predicted octanol–water partition coefficient (Wildman–Crippen LogP) is 4.65. The summed E-state index contributed by atoms with van der Waals surface area (Å²) in [5.74, 6) is -0.0543. The molecule has 28 heavy (non-hydrogen) atoms. The molecule has 4 nitrogen and oxygen atoms in total. The molecule has 2 saturated heterocycles. The summed E-state index contributed by atoms with van der Waals surface area (Å²) in [6.07, 6.45) is 5.71. The smallest absolute Gasteiger partial charge is 0.230 e. The molecule has 4 heteroatoms. The fourth-order valence-corrected chi connectivity index (χ4v) is 4.61. The van der Waals surface area contributed by atoms with Gasteiger partial charge in [-0.1, -0.05) is 48.5 Å². The van der Waals surface area contributed by atoms with E-state index in [0.29, 0.717) is 0 Å². The minimum absolute atomic E-state index is 0.00111. The number of nitrogens with zero attached hydrogens (tertiary/aromatic N) is 1. The molecule has 1 N–H and O–H groups in total. The Morgan fingerprint density at radius 2 is 1.64 bits per heavy atom. The highest BCUT2D eigenvalue weighted by atomic mass is 16.5. The summed E-state index contributed by atoms with van der Waals surface area (Å²) >= 11 is 0. The minimum atomic E-state index is -0.170. The molecule has 1 aromatic heterocycles. The number of rotatable bonds is 4. The number of pyridine rings is 1. The van der Waals surface area contributed by atoms with Crippen molar-refractivity contribution in [1.82, 2.24) is 4.98 Å². The molecule has 2 fully saturated rings. The molecule has 2 aliphatic heterocycles. The van der Waals surface area contributed by atoms with Gasteiger partial charge < -0.3 is 10.1 Å². The number of carbonyl (C=O) groups is 1. The van der Waals surface area contributed by atoms with Gasteiger partial charge in [-0.2, -0.15) is 0 Å². The second-order valence-electron chi connectivity index (χ2n) is 7.56. The summed E-state index contributed by atoms with van der Waals surface area (Å²) in [4.78, 5) is 17.4. The highest BCUT2D eigenvalue weighted by Crippen LogP contribution is 2.49. The third-order valence-corrected chi connectivity index (χ3v) is 5.90. The van der Waals surface area contributed by atoms with Crippen LogP contribution in [0.15, 0.2) is 79.1 Å². The van der Waals surface area contributed by atoms with E-state index in [0.717, 1.165) is 29.7 Å². The van der Waals surface area contributed by atoms with E-state index in [2.05, 4.69) is 28.5 Å². The first-order chi connectivity index (χ1) is 13.8. The maximum Gasteiger partial charge on any atom is 0.230 e. The molecule has 140 valence electrons. The number of aromatic nitrogens is 1. The van der Waals surface area contributed by atoms with Crippen molar-refractivity contribution in [3.05, 3.63) is 84.7 Å².